The lowest BCUT2D eigenvalue weighted by Crippen LogP contribution is -2.28. The van der Waals surface area contributed by atoms with E-state index < -0.39 is 23.2 Å². The summed E-state index contributed by atoms with van der Waals surface area (Å²) in [5.41, 5.74) is -1.35. The van der Waals surface area contributed by atoms with E-state index in [1.165, 1.54) is 12.1 Å². The molecule has 0 aliphatic heterocycles. The minimum absolute atomic E-state index is 0.145. The number of hydrogen-bond acceptors (Lipinski definition) is 3. The van der Waals surface area contributed by atoms with Crippen LogP contribution in [0.25, 0.3) is 0 Å². The number of amides is 1. The molecule has 1 N–H and O–H groups in total. The molecule has 0 spiro atoms. The van der Waals surface area contributed by atoms with E-state index in [1.54, 1.807) is 12.4 Å². The lowest BCUT2D eigenvalue weighted by atomic mass is 10.1. The Kier molecular flexibility index (Phi) is 5.12. The van der Waals surface area contributed by atoms with Crippen molar-refractivity contribution in [2.45, 2.75) is 12.6 Å². The number of alkyl halides is 3. The van der Waals surface area contributed by atoms with E-state index in [1.807, 2.05) is 0 Å². The second-order valence-electron chi connectivity index (χ2n) is 4.37. The standard InChI is InChI=1S/C14H11BrF3N3O/c15-9-7-20-12(21-8-9)5-6-19-13(22)10-3-1-2-4-11(10)14(16,17)18/h1-4,7-8H,5-6H2,(H,19,22). The Hall–Kier alpha value is -1.96. The Morgan fingerprint density at radius 3 is 2.45 bits per heavy atom. The van der Waals surface area contributed by atoms with Gasteiger partial charge in [-0.1, -0.05) is 12.1 Å². The fourth-order valence-electron chi connectivity index (χ4n) is 1.78. The summed E-state index contributed by atoms with van der Waals surface area (Å²) in [6, 6.07) is 4.66. The van der Waals surface area contributed by atoms with Crippen LogP contribution in [-0.2, 0) is 12.6 Å². The topological polar surface area (TPSA) is 54.9 Å². The van der Waals surface area contributed by atoms with Gasteiger partial charge in [0.15, 0.2) is 0 Å². The third-order valence-electron chi connectivity index (χ3n) is 2.79. The normalized spacial score (nSPS) is 11.3. The van der Waals surface area contributed by atoms with Crippen LogP contribution >= 0.6 is 15.9 Å². The number of hydrogen-bond donors (Lipinski definition) is 1. The summed E-state index contributed by atoms with van der Waals surface area (Å²) in [5, 5.41) is 2.44. The van der Waals surface area contributed by atoms with Crippen molar-refractivity contribution in [1.82, 2.24) is 15.3 Å². The third kappa shape index (κ3) is 4.27. The Morgan fingerprint density at radius 2 is 1.82 bits per heavy atom. The van der Waals surface area contributed by atoms with E-state index in [4.69, 9.17) is 0 Å². The number of benzene rings is 1. The van der Waals surface area contributed by atoms with E-state index in [-0.39, 0.29) is 6.54 Å². The second kappa shape index (κ2) is 6.87. The number of halogens is 4. The highest BCUT2D eigenvalue weighted by Gasteiger charge is 2.34. The molecular weight excluding hydrogens is 363 g/mol. The van der Waals surface area contributed by atoms with E-state index in [9.17, 15) is 18.0 Å². The molecule has 1 heterocycles. The lowest BCUT2D eigenvalue weighted by molar-refractivity contribution is -0.137. The average molecular weight is 374 g/mol. The first kappa shape index (κ1) is 16.4. The monoisotopic (exact) mass is 373 g/mol. The molecule has 0 saturated carbocycles. The predicted octanol–water partition coefficient (Wildman–Crippen LogP) is 3.23. The van der Waals surface area contributed by atoms with Crippen LogP contribution < -0.4 is 5.32 Å². The summed E-state index contributed by atoms with van der Waals surface area (Å²) in [6.45, 7) is 0.145. The maximum atomic E-state index is 12.8. The summed E-state index contributed by atoms with van der Waals surface area (Å²) in [4.78, 5) is 19.9. The molecule has 116 valence electrons. The molecule has 8 heteroatoms. The highest BCUT2D eigenvalue weighted by atomic mass is 79.9. The number of carbonyl (C=O) groups is 1. The highest BCUT2D eigenvalue weighted by Crippen LogP contribution is 2.31. The minimum Gasteiger partial charge on any atom is -0.352 e. The highest BCUT2D eigenvalue weighted by molar-refractivity contribution is 9.10. The first-order valence-corrected chi connectivity index (χ1v) is 7.08. The summed E-state index contributed by atoms with van der Waals surface area (Å²) in [5.74, 6) is -0.280. The van der Waals surface area contributed by atoms with Gasteiger partial charge in [-0.3, -0.25) is 4.79 Å². The third-order valence-corrected chi connectivity index (χ3v) is 3.19. The van der Waals surface area contributed by atoms with Gasteiger partial charge in [-0.15, -0.1) is 0 Å². The summed E-state index contributed by atoms with van der Waals surface area (Å²) in [7, 11) is 0. The first-order chi connectivity index (χ1) is 10.4. The van der Waals surface area contributed by atoms with Gasteiger partial charge in [0.25, 0.3) is 5.91 Å². The zero-order valence-electron chi connectivity index (χ0n) is 11.2. The average Bonchev–Trinajstić information content (AvgIpc) is 2.48. The van der Waals surface area contributed by atoms with Crippen LogP contribution in [0, 0.1) is 0 Å². The van der Waals surface area contributed by atoms with Crippen LogP contribution in [0.5, 0.6) is 0 Å². The van der Waals surface area contributed by atoms with Gasteiger partial charge < -0.3 is 5.32 Å². The van der Waals surface area contributed by atoms with Crippen molar-refractivity contribution in [3.05, 3.63) is 58.1 Å². The molecule has 1 aromatic heterocycles. The Labute approximate surface area is 132 Å². The Bertz CT molecular complexity index is 659. The van der Waals surface area contributed by atoms with E-state index >= 15 is 0 Å². The number of aromatic nitrogens is 2. The van der Waals surface area contributed by atoms with Gasteiger partial charge in [0.05, 0.1) is 15.6 Å². The lowest BCUT2D eigenvalue weighted by Gasteiger charge is -2.12. The maximum Gasteiger partial charge on any atom is 0.417 e. The number of nitrogens with zero attached hydrogens (tertiary/aromatic N) is 2. The van der Waals surface area contributed by atoms with Crippen LogP contribution in [0.15, 0.2) is 41.1 Å². The molecule has 0 aliphatic carbocycles. The molecule has 4 nitrogen and oxygen atoms in total. The van der Waals surface area contributed by atoms with E-state index in [0.717, 1.165) is 16.6 Å². The van der Waals surface area contributed by atoms with Gasteiger partial charge in [0.2, 0.25) is 0 Å². The minimum atomic E-state index is -4.57. The van der Waals surface area contributed by atoms with Crippen molar-refractivity contribution >= 4 is 21.8 Å². The molecule has 1 aromatic carbocycles. The first-order valence-electron chi connectivity index (χ1n) is 6.29. The van der Waals surface area contributed by atoms with Gasteiger partial charge in [-0.05, 0) is 28.1 Å². The molecule has 0 bridgehead atoms. The maximum absolute atomic E-state index is 12.8. The van der Waals surface area contributed by atoms with E-state index in [2.05, 4.69) is 31.2 Å². The van der Waals surface area contributed by atoms with Crippen molar-refractivity contribution in [3.63, 3.8) is 0 Å². The number of carbonyl (C=O) groups excluding carboxylic acids is 1. The van der Waals surface area contributed by atoms with Crippen LogP contribution in [-0.4, -0.2) is 22.4 Å². The van der Waals surface area contributed by atoms with Crippen LogP contribution in [0.2, 0.25) is 0 Å². The fraction of sp³-hybridized carbons (Fsp3) is 0.214. The molecule has 22 heavy (non-hydrogen) atoms. The summed E-state index contributed by atoms with van der Waals surface area (Å²) in [6.07, 6.45) is -1.12. The number of rotatable bonds is 4. The molecule has 2 aromatic rings. The molecule has 0 unspecified atom stereocenters. The fourth-order valence-corrected chi connectivity index (χ4v) is 1.98. The van der Waals surface area contributed by atoms with Crippen molar-refractivity contribution in [3.8, 4) is 0 Å². The van der Waals surface area contributed by atoms with Crippen molar-refractivity contribution < 1.29 is 18.0 Å². The molecule has 0 fully saturated rings. The van der Waals surface area contributed by atoms with Gasteiger partial charge in [-0.2, -0.15) is 13.2 Å². The smallest absolute Gasteiger partial charge is 0.352 e. The molecule has 0 radical (unpaired) electrons. The zero-order chi connectivity index (χ0) is 16.2. The van der Waals surface area contributed by atoms with Crippen LogP contribution in [0.1, 0.15) is 21.7 Å². The summed E-state index contributed by atoms with van der Waals surface area (Å²) >= 11 is 3.19. The van der Waals surface area contributed by atoms with Gasteiger partial charge in [-0.25, -0.2) is 9.97 Å². The molecular formula is C14H11BrF3N3O. The molecule has 0 atom stereocenters. The number of nitrogens with one attached hydrogen (secondary N) is 1. The van der Waals surface area contributed by atoms with Crippen LogP contribution in [0.3, 0.4) is 0 Å². The van der Waals surface area contributed by atoms with Gasteiger partial charge in [0, 0.05) is 25.4 Å². The van der Waals surface area contributed by atoms with Gasteiger partial charge in [0.1, 0.15) is 5.82 Å². The largest absolute Gasteiger partial charge is 0.417 e. The quantitative estimate of drug-likeness (QED) is 0.894. The van der Waals surface area contributed by atoms with Crippen LogP contribution in [0.4, 0.5) is 13.2 Å². The van der Waals surface area contributed by atoms with Crippen molar-refractivity contribution in [2.75, 3.05) is 6.54 Å². The molecule has 0 aliphatic rings. The van der Waals surface area contributed by atoms with Gasteiger partial charge >= 0.3 is 6.18 Å². The second-order valence-corrected chi connectivity index (χ2v) is 5.28. The zero-order valence-corrected chi connectivity index (χ0v) is 12.8. The Balaban J connectivity index is 2.00. The Morgan fingerprint density at radius 1 is 1.18 bits per heavy atom. The predicted molar refractivity (Wildman–Crippen MR) is 77.2 cm³/mol. The van der Waals surface area contributed by atoms with E-state index in [0.29, 0.717) is 12.2 Å². The molecule has 0 saturated heterocycles. The molecule has 2 rings (SSSR count). The SMILES string of the molecule is O=C(NCCc1ncc(Br)cn1)c1ccccc1C(F)(F)F. The van der Waals surface area contributed by atoms with Crippen molar-refractivity contribution in [1.29, 1.82) is 0 Å². The summed E-state index contributed by atoms with van der Waals surface area (Å²) < 4.78 is 39.2. The van der Waals surface area contributed by atoms with Crippen molar-refractivity contribution in [2.24, 2.45) is 0 Å². The molecule has 1 amide bonds.